The van der Waals surface area contributed by atoms with Gasteiger partial charge in [0.05, 0.1) is 12.7 Å². The molecule has 2 aliphatic rings. The molecule has 0 bridgehead atoms. The number of piperidine rings is 1. The second-order valence-corrected chi connectivity index (χ2v) is 7.29. The fourth-order valence-corrected chi connectivity index (χ4v) is 4.15. The van der Waals surface area contributed by atoms with Crippen LogP contribution in [0.1, 0.15) is 49.4 Å². The molecule has 2 aliphatic heterocycles. The number of rotatable bonds is 3. The van der Waals surface area contributed by atoms with Gasteiger partial charge in [-0.3, -0.25) is 4.90 Å². The highest BCUT2D eigenvalue weighted by molar-refractivity contribution is 5.44. The van der Waals surface area contributed by atoms with E-state index in [-0.39, 0.29) is 24.5 Å². The summed E-state index contributed by atoms with van der Waals surface area (Å²) in [6.45, 7) is 6.21. The van der Waals surface area contributed by atoms with E-state index in [0.29, 0.717) is 17.4 Å². The van der Waals surface area contributed by atoms with E-state index in [2.05, 4.69) is 18.7 Å². The van der Waals surface area contributed by atoms with Crippen molar-refractivity contribution in [3.8, 4) is 5.75 Å². The van der Waals surface area contributed by atoms with Crippen LogP contribution >= 0.6 is 0 Å². The summed E-state index contributed by atoms with van der Waals surface area (Å²) in [6, 6.07) is 3.92. The zero-order valence-corrected chi connectivity index (χ0v) is 13.5. The van der Waals surface area contributed by atoms with Crippen LogP contribution in [-0.4, -0.2) is 39.4 Å². The van der Waals surface area contributed by atoms with Gasteiger partial charge in [-0.15, -0.1) is 0 Å². The third kappa shape index (κ3) is 2.87. The normalized spacial score (nSPS) is 28.5. The van der Waals surface area contributed by atoms with Gasteiger partial charge < -0.3 is 15.3 Å². The third-order valence-electron chi connectivity index (χ3n) is 5.23. The van der Waals surface area contributed by atoms with E-state index >= 15 is 0 Å². The average molecular weight is 305 g/mol. The minimum absolute atomic E-state index is 0.132. The van der Waals surface area contributed by atoms with Crippen LogP contribution in [-0.2, 0) is 13.0 Å². The zero-order chi connectivity index (χ0) is 15.9. The second-order valence-electron chi connectivity index (χ2n) is 7.29. The summed E-state index contributed by atoms with van der Waals surface area (Å²) in [7, 11) is 0. The first kappa shape index (κ1) is 15.8. The number of hydrogen-bond donors (Lipinski definition) is 3. The number of phenols is 1. The first-order valence-electron chi connectivity index (χ1n) is 8.37. The molecule has 4 heteroatoms. The highest BCUT2D eigenvalue weighted by Gasteiger charge is 2.38. The van der Waals surface area contributed by atoms with Crippen LogP contribution in [0.15, 0.2) is 12.1 Å². The lowest BCUT2D eigenvalue weighted by Crippen LogP contribution is -2.48. The molecule has 1 aromatic rings. The minimum atomic E-state index is -0.269. The van der Waals surface area contributed by atoms with Crippen LogP contribution in [0.5, 0.6) is 5.75 Å². The van der Waals surface area contributed by atoms with Crippen LogP contribution < -0.4 is 0 Å². The Kier molecular flexibility index (Phi) is 4.44. The largest absolute Gasteiger partial charge is 0.508 e. The zero-order valence-electron chi connectivity index (χ0n) is 13.5. The smallest absolute Gasteiger partial charge is 0.121 e. The van der Waals surface area contributed by atoms with Crippen molar-refractivity contribution in [1.29, 1.82) is 0 Å². The van der Waals surface area contributed by atoms with E-state index in [0.717, 1.165) is 37.9 Å². The molecule has 0 radical (unpaired) electrons. The quantitative estimate of drug-likeness (QED) is 0.801. The first-order valence-corrected chi connectivity index (χ1v) is 8.37. The molecule has 0 spiro atoms. The summed E-state index contributed by atoms with van der Waals surface area (Å²) in [5.74, 6) is 1.12. The summed E-state index contributed by atoms with van der Waals surface area (Å²) in [5, 5.41) is 29.9. The van der Waals surface area contributed by atoms with Crippen molar-refractivity contribution in [3.05, 3.63) is 28.8 Å². The summed E-state index contributed by atoms with van der Waals surface area (Å²) in [5.41, 5.74) is 2.93. The molecule has 4 nitrogen and oxygen atoms in total. The Morgan fingerprint density at radius 1 is 1.32 bits per heavy atom. The SMILES string of the molecule is CC(C)C[C@H]1CN2CCc3cc(CO)c(O)cc3C2C[C@@H]1O. The van der Waals surface area contributed by atoms with Gasteiger partial charge in [-0.05, 0) is 54.4 Å². The fraction of sp³-hybridized carbons (Fsp3) is 0.667. The van der Waals surface area contributed by atoms with Gasteiger partial charge in [-0.2, -0.15) is 0 Å². The maximum atomic E-state index is 10.5. The Labute approximate surface area is 132 Å². The molecule has 0 aliphatic carbocycles. The second kappa shape index (κ2) is 6.19. The topological polar surface area (TPSA) is 63.9 Å². The van der Waals surface area contributed by atoms with E-state index in [1.54, 1.807) is 6.07 Å². The molecule has 122 valence electrons. The van der Waals surface area contributed by atoms with Gasteiger partial charge in [-0.25, -0.2) is 0 Å². The van der Waals surface area contributed by atoms with Crippen LogP contribution in [0.2, 0.25) is 0 Å². The molecule has 1 unspecified atom stereocenters. The Balaban J connectivity index is 1.85. The Hall–Kier alpha value is -1.10. The maximum Gasteiger partial charge on any atom is 0.121 e. The molecule has 0 amide bonds. The van der Waals surface area contributed by atoms with Crippen molar-refractivity contribution < 1.29 is 15.3 Å². The monoisotopic (exact) mass is 305 g/mol. The van der Waals surface area contributed by atoms with E-state index in [4.69, 9.17) is 0 Å². The van der Waals surface area contributed by atoms with Crippen LogP contribution in [0.3, 0.4) is 0 Å². The van der Waals surface area contributed by atoms with E-state index in [1.807, 2.05) is 6.07 Å². The number of aliphatic hydroxyl groups excluding tert-OH is 2. The Bertz CT molecular complexity index is 543. The molecule has 2 heterocycles. The molecule has 3 atom stereocenters. The number of nitrogens with zero attached hydrogens (tertiary/aromatic N) is 1. The number of aliphatic hydroxyl groups is 2. The molecule has 1 fully saturated rings. The van der Waals surface area contributed by atoms with Gasteiger partial charge in [0.15, 0.2) is 0 Å². The van der Waals surface area contributed by atoms with Crippen molar-refractivity contribution in [2.75, 3.05) is 13.1 Å². The van der Waals surface area contributed by atoms with Crippen molar-refractivity contribution >= 4 is 0 Å². The minimum Gasteiger partial charge on any atom is -0.508 e. The van der Waals surface area contributed by atoms with Crippen molar-refractivity contribution in [2.24, 2.45) is 11.8 Å². The van der Waals surface area contributed by atoms with E-state index < -0.39 is 0 Å². The summed E-state index contributed by atoms with van der Waals surface area (Å²) in [4.78, 5) is 2.46. The van der Waals surface area contributed by atoms with Crippen molar-refractivity contribution in [2.45, 2.75) is 51.9 Å². The number of benzene rings is 1. The van der Waals surface area contributed by atoms with Crippen LogP contribution in [0.4, 0.5) is 0 Å². The molecular formula is C18H27NO3. The lowest BCUT2D eigenvalue weighted by Gasteiger charge is -2.46. The predicted molar refractivity (Wildman–Crippen MR) is 85.6 cm³/mol. The first-order chi connectivity index (χ1) is 10.5. The van der Waals surface area contributed by atoms with Gasteiger partial charge in [0.25, 0.3) is 0 Å². The van der Waals surface area contributed by atoms with Crippen molar-refractivity contribution in [3.63, 3.8) is 0 Å². The van der Waals surface area contributed by atoms with E-state index in [1.165, 1.54) is 5.56 Å². The number of aromatic hydroxyl groups is 1. The Morgan fingerprint density at radius 3 is 2.77 bits per heavy atom. The van der Waals surface area contributed by atoms with Crippen LogP contribution in [0.25, 0.3) is 0 Å². The van der Waals surface area contributed by atoms with Gasteiger partial charge >= 0.3 is 0 Å². The predicted octanol–water partition coefficient (Wildman–Crippen LogP) is 2.21. The van der Waals surface area contributed by atoms with Gasteiger partial charge in [-0.1, -0.05) is 13.8 Å². The molecular weight excluding hydrogens is 278 g/mol. The lowest BCUT2D eigenvalue weighted by atomic mass is 9.79. The fourth-order valence-electron chi connectivity index (χ4n) is 4.15. The van der Waals surface area contributed by atoms with Gasteiger partial charge in [0, 0.05) is 24.7 Å². The van der Waals surface area contributed by atoms with E-state index in [9.17, 15) is 15.3 Å². The van der Waals surface area contributed by atoms with Crippen molar-refractivity contribution in [1.82, 2.24) is 4.90 Å². The molecule has 1 aromatic carbocycles. The molecule has 22 heavy (non-hydrogen) atoms. The molecule has 1 saturated heterocycles. The highest BCUT2D eigenvalue weighted by Crippen LogP contribution is 2.41. The molecule has 0 aromatic heterocycles. The molecule has 3 rings (SSSR count). The lowest BCUT2D eigenvalue weighted by molar-refractivity contribution is -0.0191. The molecule has 3 N–H and O–H groups in total. The summed E-state index contributed by atoms with van der Waals surface area (Å²) < 4.78 is 0. The maximum absolute atomic E-state index is 10.5. The summed E-state index contributed by atoms with van der Waals surface area (Å²) in [6.07, 6.45) is 2.48. The molecule has 0 saturated carbocycles. The van der Waals surface area contributed by atoms with Gasteiger partial charge in [0.2, 0.25) is 0 Å². The standard InChI is InChI=1S/C18H27NO3/c1-11(2)5-13-9-19-4-3-12-6-14(10-20)17(21)7-15(12)16(19)8-18(13)22/h6-7,11,13,16,18,20-22H,3-5,8-10H2,1-2H3/t13-,16?,18-/m0/s1. The summed E-state index contributed by atoms with van der Waals surface area (Å²) >= 11 is 0. The Morgan fingerprint density at radius 2 is 2.09 bits per heavy atom. The average Bonchev–Trinajstić information content (AvgIpc) is 2.47. The number of fused-ring (bicyclic) bond motifs is 3. The third-order valence-corrected chi connectivity index (χ3v) is 5.23. The van der Waals surface area contributed by atoms with Gasteiger partial charge in [0.1, 0.15) is 5.75 Å². The highest BCUT2D eigenvalue weighted by atomic mass is 16.3. The number of hydrogen-bond acceptors (Lipinski definition) is 4. The van der Waals surface area contributed by atoms with Crippen LogP contribution in [0, 0.1) is 11.8 Å².